The first-order valence-corrected chi connectivity index (χ1v) is 52.5. The van der Waals surface area contributed by atoms with Crippen LogP contribution in [0.15, 0.2) is 259 Å². The van der Waals surface area contributed by atoms with Crippen molar-refractivity contribution < 1.29 is 57.3 Å². The topological polar surface area (TPSA) is 331 Å². The minimum Gasteiger partial charge on any atom is -0.464 e. The summed E-state index contributed by atoms with van der Waals surface area (Å²) in [5.74, 6) is -0.565. The number of anilines is 8. The van der Waals surface area contributed by atoms with Crippen LogP contribution in [0.25, 0.3) is 72.2 Å². The third kappa shape index (κ3) is 22.7. The number of pyridine rings is 4. The van der Waals surface area contributed by atoms with E-state index in [1.165, 1.54) is 17.2 Å². The van der Waals surface area contributed by atoms with Crippen LogP contribution in [0.2, 0.25) is 20.1 Å². The number of thiophene rings is 1. The molecule has 4 fully saturated rings. The summed E-state index contributed by atoms with van der Waals surface area (Å²) in [5, 5.41) is 17.7. The molecule has 0 atom stereocenters. The highest BCUT2D eigenvalue weighted by Gasteiger charge is 2.31. The predicted octanol–water partition coefficient (Wildman–Crippen LogP) is 22.7. The van der Waals surface area contributed by atoms with E-state index in [1.54, 1.807) is 200 Å². The summed E-state index contributed by atoms with van der Waals surface area (Å²) in [5.41, 5.74) is 16.1. The summed E-state index contributed by atoms with van der Waals surface area (Å²) in [4.78, 5) is 69.5. The maximum absolute atomic E-state index is 12.9. The second kappa shape index (κ2) is 42.1. The van der Waals surface area contributed by atoms with Gasteiger partial charge < -0.3 is 25.7 Å². The minimum atomic E-state index is -3.33. The number of aromatic nitrogens is 4. The summed E-state index contributed by atoms with van der Waals surface area (Å²) < 4.78 is 112. The van der Waals surface area contributed by atoms with Crippen molar-refractivity contribution in [2.45, 2.75) is 90.4 Å². The van der Waals surface area contributed by atoms with Gasteiger partial charge in [0.2, 0.25) is 40.1 Å². The number of fused-ring (bicyclic) bond motifs is 3. The quantitative estimate of drug-likeness (QED) is 0.0698. The van der Waals surface area contributed by atoms with Crippen LogP contribution in [0.4, 0.5) is 45.5 Å². The van der Waals surface area contributed by atoms with E-state index in [9.17, 15) is 52.8 Å². The Kier molecular flexibility index (Phi) is 29.8. The zero-order valence-corrected chi connectivity index (χ0v) is 79.7. The highest BCUT2D eigenvalue weighted by Crippen LogP contribution is 2.41. The highest BCUT2D eigenvalue weighted by atomic mass is 35.5. The SMILES string of the molecule is Cc1ccnc(-c2cc(NC(=O)c3ccc(N4CCCCCS4(=O)=O)cc3)ccc2Cl)c1.O=C(Nc1ccc(Cl)c(-c2ccc3c(n2)CC=C3)c1)c1ccc(N2CCCCCS2(=O)=O)cc1.O=C(Nc1ccc(Cl)c(-c2nccc3ccsc23)c1)c1ccc(N2CCCCCS2(=O)=O)cc1.O=C(Nc1ccc(Cl)c(-c2nccc3occc23)c1)c1ccc(N2CCCCCS2(=O)=O)cc1. The van der Waals surface area contributed by atoms with Gasteiger partial charge in [0.05, 0.1) is 105 Å². The number of benzene rings is 8. The molecule has 5 aliphatic rings. The molecule has 0 spiro atoms. The van der Waals surface area contributed by atoms with Crippen molar-refractivity contribution in [1.29, 1.82) is 0 Å². The van der Waals surface area contributed by atoms with Crippen LogP contribution in [0, 0.1) is 6.92 Å². The summed E-state index contributed by atoms with van der Waals surface area (Å²) in [7, 11) is -13.3. The fourth-order valence-corrected chi connectivity index (χ4v) is 24.6. The number of nitrogens with zero attached hydrogens (tertiary/aromatic N) is 8. The molecule has 4 aliphatic heterocycles. The zero-order valence-electron chi connectivity index (χ0n) is 72.6. The van der Waals surface area contributed by atoms with Gasteiger partial charge in [-0.15, -0.1) is 11.3 Å². The first-order valence-electron chi connectivity index (χ1n) is 43.7. The third-order valence-corrected chi connectivity index (χ3v) is 33.0. The first kappa shape index (κ1) is 94.8. The number of halogens is 4. The smallest absolute Gasteiger partial charge is 0.255 e. The van der Waals surface area contributed by atoms with Gasteiger partial charge in [-0.3, -0.25) is 56.3 Å². The van der Waals surface area contributed by atoms with Gasteiger partial charge in [0, 0.05) is 124 Å². The molecule has 4 N–H and O–H groups in total. The van der Waals surface area contributed by atoms with Crippen LogP contribution in [0.5, 0.6) is 0 Å². The number of allylic oxidation sites excluding steroid dienone is 1. The van der Waals surface area contributed by atoms with E-state index in [1.807, 2.05) is 66.9 Å². The molecule has 0 saturated carbocycles. The van der Waals surface area contributed by atoms with Crippen LogP contribution in [0.3, 0.4) is 0 Å². The molecule has 0 bridgehead atoms. The Labute approximate surface area is 801 Å². The Bertz CT molecular complexity index is 7060. The number of carbonyl (C=O) groups excluding carboxylic acids is 4. The summed E-state index contributed by atoms with van der Waals surface area (Å²) in [6, 6.07) is 63.1. The van der Waals surface area contributed by atoms with Gasteiger partial charge >= 0.3 is 0 Å². The average Bonchev–Trinajstić information content (AvgIpc) is 1.54. The number of nitrogens with one attached hydrogen (secondary N) is 4. The Hall–Kier alpha value is -12.4. The van der Waals surface area contributed by atoms with Gasteiger partial charge in [0.25, 0.3) is 23.6 Å². The second-order valence-corrected chi connectivity index (χ2v) is 43.2. The normalized spacial score (nSPS) is 16.0. The zero-order chi connectivity index (χ0) is 93.8. The number of amides is 4. The summed E-state index contributed by atoms with van der Waals surface area (Å²) >= 11 is 27.3. The van der Waals surface area contributed by atoms with Gasteiger partial charge in [-0.25, -0.2) is 33.7 Å². The predicted molar refractivity (Wildman–Crippen MR) is 539 cm³/mol. The number of hydrogen-bond acceptors (Lipinski definition) is 18. The Morgan fingerprint density at radius 1 is 0.373 bits per heavy atom. The molecule has 25 nitrogen and oxygen atoms in total. The molecule has 134 heavy (non-hydrogen) atoms. The monoisotopic (exact) mass is 1970 g/mol. The van der Waals surface area contributed by atoms with Gasteiger partial charge in [-0.1, -0.05) is 90.3 Å². The van der Waals surface area contributed by atoms with Crippen LogP contribution in [0.1, 0.15) is 135 Å². The first-order chi connectivity index (χ1) is 64.6. The van der Waals surface area contributed by atoms with Gasteiger partial charge in [-0.2, -0.15) is 0 Å². The maximum Gasteiger partial charge on any atom is 0.255 e. The second-order valence-electron chi connectivity index (χ2n) is 32.6. The molecule has 688 valence electrons. The van der Waals surface area contributed by atoms with Crippen molar-refractivity contribution in [2.75, 3.05) is 87.7 Å². The molecule has 8 aromatic carbocycles. The number of rotatable bonds is 16. The van der Waals surface area contributed by atoms with Crippen molar-refractivity contribution in [1.82, 2.24) is 19.9 Å². The van der Waals surface area contributed by atoms with Crippen molar-refractivity contribution in [3.05, 3.63) is 314 Å². The van der Waals surface area contributed by atoms with Crippen molar-refractivity contribution in [3.63, 3.8) is 0 Å². The highest BCUT2D eigenvalue weighted by molar-refractivity contribution is 7.93. The molecule has 4 saturated heterocycles. The number of hydrogen-bond donors (Lipinski definition) is 4. The van der Waals surface area contributed by atoms with Crippen molar-refractivity contribution in [2.24, 2.45) is 0 Å². The molecule has 14 aromatic rings. The lowest BCUT2D eigenvalue weighted by atomic mass is 10.1. The van der Waals surface area contributed by atoms with Crippen LogP contribution in [-0.2, 0) is 46.5 Å². The standard InChI is InChI=1S/C26H24ClN3O3S.C25H22ClN3O4S.C25H22ClN3O3S2.C24H24ClN3O3S/c27-23-13-10-20(17-22(23)25-14-9-18-5-4-6-24(18)29-25)28-26(31)19-7-11-21(12-8-19)30-15-2-1-3-16-34(30,32)33;26-22-9-6-18(16-21(22)24-20-11-14-33-23(20)10-12-27-24)28-25(30)17-4-7-19(8-5-17)29-13-2-1-3-15-34(29,31)32;26-22-9-6-19(16-21(22)23-24-17(10-12-27-23)11-14-33-24)28-25(30)18-4-7-20(8-5-18)29-13-2-1-3-15-34(29,31)32;1-17-11-12-26-23(15-17)21-16-19(7-10-22(21)25)27-24(29)18-5-8-20(9-6-18)28-13-3-2-4-14-32(28,30)31/h4-5,7-14,17H,1-3,6,15-16H2,(H,28,31);2*4-12,14,16H,1-3,13,15H2,(H,28,30);5-12,15-16H,2-4,13-14H2,1H3,(H,27,29). The molecular weight excluding hydrogens is 1880 g/mol. The fourth-order valence-electron chi connectivity index (χ4n) is 16.3. The molecule has 1 aliphatic carbocycles. The van der Waals surface area contributed by atoms with Crippen LogP contribution >= 0.6 is 57.7 Å². The van der Waals surface area contributed by atoms with Gasteiger partial charge in [0.15, 0.2) is 0 Å². The van der Waals surface area contributed by atoms with E-state index in [2.05, 4.69) is 48.4 Å². The van der Waals surface area contributed by atoms with Crippen molar-refractivity contribution >= 4 is 194 Å². The van der Waals surface area contributed by atoms with Crippen LogP contribution < -0.4 is 38.5 Å². The maximum atomic E-state index is 12.9. The fraction of sp³-hybridized carbons (Fsp3) is 0.220. The molecule has 19 rings (SSSR count). The average molecular weight is 1970 g/mol. The summed E-state index contributed by atoms with van der Waals surface area (Å²) in [6.45, 7) is 3.83. The molecular formula is C100H92Cl4N12O13S5. The lowest BCUT2D eigenvalue weighted by molar-refractivity contribution is 0.101. The Morgan fingerprint density at radius 3 is 1.16 bits per heavy atom. The number of aryl methyl sites for hydroxylation is 1. The van der Waals surface area contributed by atoms with Crippen molar-refractivity contribution in [3.8, 4) is 45.0 Å². The van der Waals surface area contributed by atoms with E-state index >= 15 is 0 Å². The number of carbonyl (C=O) groups is 4. The third-order valence-electron chi connectivity index (χ3n) is 23.3. The Balaban J connectivity index is 0.000000130. The molecule has 34 heteroatoms. The molecule has 4 amide bonds. The molecule has 10 heterocycles. The Morgan fingerprint density at radius 2 is 0.746 bits per heavy atom. The largest absolute Gasteiger partial charge is 0.464 e. The van der Waals surface area contributed by atoms with Gasteiger partial charge in [0.1, 0.15) is 5.58 Å². The lowest BCUT2D eigenvalue weighted by Gasteiger charge is -2.22. The number of furan rings is 1. The number of sulfonamides is 4. The molecule has 6 aromatic heterocycles. The summed E-state index contributed by atoms with van der Waals surface area (Å²) in [6.07, 6.45) is 21.3. The van der Waals surface area contributed by atoms with E-state index in [-0.39, 0.29) is 46.6 Å². The van der Waals surface area contributed by atoms with Crippen LogP contribution in [-0.4, -0.2) is 126 Å². The van der Waals surface area contributed by atoms with E-state index in [4.69, 9.17) is 55.8 Å². The van der Waals surface area contributed by atoms with E-state index in [0.717, 1.165) is 124 Å². The van der Waals surface area contributed by atoms with Gasteiger partial charge in [-0.05, 0) is 293 Å². The molecule has 0 radical (unpaired) electrons. The van der Waals surface area contributed by atoms with E-state index in [0.29, 0.717) is 157 Å². The lowest BCUT2D eigenvalue weighted by Crippen LogP contribution is -2.32. The van der Waals surface area contributed by atoms with E-state index < -0.39 is 40.1 Å². The molecule has 0 unspecified atom stereocenters. The minimum absolute atomic E-state index is 0.148.